The Hall–Kier alpha value is -1.83. The van der Waals surface area contributed by atoms with Crippen LogP contribution in [0.5, 0.6) is 0 Å². The first-order chi connectivity index (χ1) is 10.5. The van der Waals surface area contributed by atoms with Gasteiger partial charge in [-0.25, -0.2) is 13.1 Å². The zero-order valence-electron chi connectivity index (χ0n) is 12.2. The second-order valence-corrected chi connectivity index (χ2v) is 7.18. The molecule has 1 amide bonds. The molecule has 2 rings (SSSR count). The fraction of sp³-hybridized carbons (Fsp3) is 0.133. The summed E-state index contributed by atoms with van der Waals surface area (Å²) in [6.07, 6.45) is 1.97. The van der Waals surface area contributed by atoms with Crippen molar-refractivity contribution in [1.29, 1.82) is 0 Å². The molecular weight excluding hydrogens is 320 g/mol. The van der Waals surface area contributed by atoms with E-state index in [1.54, 1.807) is 36.0 Å². The van der Waals surface area contributed by atoms with Crippen molar-refractivity contribution >= 4 is 33.4 Å². The van der Waals surface area contributed by atoms with E-state index in [1.165, 1.54) is 19.2 Å². The Balaban J connectivity index is 2.11. The molecule has 116 valence electrons. The van der Waals surface area contributed by atoms with Gasteiger partial charge in [-0.1, -0.05) is 0 Å². The van der Waals surface area contributed by atoms with Crippen molar-refractivity contribution in [2.24, 2.45) is 0 Å². The van der Waals surface area contributed by atoms with Crippen LogP contribution in [0.4, 0.5) is 5.69 Å². The Kier molecular flexibility index (Phi) is 5.23. The molecule has 2 N–H and O–H groups in total. The molecule has 5 nitrogen and oxygen atoms in total. The van der Waals surface area contributed by atoms with E-state index in [0.29, 0.717) is 11.3 Å². The molecule has 0 aliphatic rings. The number of amides is 1. The van der Waals surface area contributed by atoms with E-state index in [4.69, 9.17) is 0 Å². The highest BCUT2D eigenvalue weighted by Crippen LogP contribution is 2.17. The van der Waals surface area contributed by atoms with E-state index < -0.39 is 10.0 Å². The van der Waals surface area contributed by atoms with Crippen LogP contribution in [-0.2, 0) is 10.0 Å². The Morgan fingerprint density at radius 3 is 2.09 bits per heavy atom. The van der Waals surface area contributed by atoms with Crippen molar-refractivity contribution in [2.45, 2.75) is 9.79 Å². The number of hydrogen-bond acceptors (Lipinski definition) is 4. The quantitative estimate of drug-likeness (QED) is 0.823. The van der Waals surface area contributed by atoms with Crippen LogP contribution in [0, 0.1) is 0 Å². The molecule has 2 aromatic carbocycles. The van der Waals surface area contributed by atoms with E-state index in [2.05, 4.69) is 10.0 Å². The van der Waals surface area contributed by atoms with Gasteiger partial charge in [-0.05, 0) is 61.8 Å². The van der Waals surface area contributed by atoms with Crippen molar-refractivity contribution in [3.05, 3.63) is 54.1 Å². The number of thioether (sulfide) groups is 1. The summed E-state index contributed by atoms with van der Waals surface area (Å²) < 4.78 is 25.5. The predicted octanol–water partition coefficient (Wildman–Crippen LogP) is 2.57. The molecule has 0 bridgehead atoms. The van der Waals surface area contributed by atoms with Gasteiger partial charge in [0.2, 0.25) is 10.0 Å². The lowest BCUT2D eigenvalue weighted by atomic mass is 10.2. The first-order valence-electron chi connectivity index (χ1n) is 6.45. The number of carbonyl (C=O) groups is 1. The third-order valence-corrected chi connectivity index (χ3v) is 5.22. The average Bonchev–Trinajstić information content (AvgIpc) is 2.55. The molecule has 0 aliphatic heterocycles. The summed E-state index contributed by atoms with van der Waals surface area (Å²) in [5, 5.41) is 2.73. The van der Waals surface area contributed by atoms with Crippen LogP contribution in [0.15, 0.2) is 58.3 Å². The second-order valence-electron chi connectivity index (χ2n) is 4.41. The van der Waals surface area contributed by atoms with Crippen LogP contribution in [0.25, 0.3) is 0 Å². The van der Waals surface area contributed by atoms with Crippen LogP contribution in [-0.4, -0.2) is 27.6 Å². The summed E-state index contributed by atoms with van der Waals surface area (Å²) in [7, 11) is -2.12. The van der Waals surface area contributed by atoms with Gasteiger partial charge in [0.05, 0.1) is 4.90 Å². The minimum Gasteiger partial charge on any atom is -0.322 e. The fourth-order valence-electron chi connectivity index (χ4n) is 1.78. The molecule has 2 aromatic rings. The molecule has 0 aromatic heterocycles. The lowest BCUT2D eigenvalue weighted by molar-refractivity contribution is 0.102. The lowest BCUT2D eigenvalue weighted by Gasteiger charge is -2.07. The SMILES string of the molecule is CNS(=O)(=O)c1ccc(NC(=O)c2ccc(SC)cc2)cc1. The average molecular weight is 336 g/mol. The van der Waals surface area contributed by atoms with Crippen molar-refractivity contribution in [3.63, 3.8) is 0 Å². The maximum absolute atomic E-state index is 12.1. The number of hydrogen-bond donors (Lipinski definition) is 2. The largest absolute Gasteiger partial charge is 0.322 e. The first kappa shape index (κ1) is 16.5. The topological polar surface area (TPSA) is 75.3 Å². The number of benzene rings is 2. The molecule has 0 atom stereocenters. The minimum atomic E-state index is -3.47. The van der Waals surface area contributed by atoms with Crippen molar-refractivity contribution in [1.82, 2.24) is 4.72 Å². The number of carbonyl (C=O) groups excluding carboxylic acids is 1. The Morgan fingerprint density at radius 2 is 1.59 bits per heavy atom. The number of nitrogens with one attached hydrogen (secondary N) is 2. The predicted molar refractivity (Wildman–Crippen MR) is 88.9 cm³/mol. The molecule has 0 unspecified atom stereocenters. The van der Waals surface area contributed by atoms with E-state index in [0.717, 1.165) is 4.90 Å². The Morgan fingerprint density at radius 1 is 1.00 bits per heavy atom. The molecule has 0 fully saturated rings. The third kappa shape index (κ3) is 3.88. The summed E-state index contributed by atoms with van der Waals surface area (Å²) in [6, 6.07) is 13.2. The van der Waals surface area contributed by atoms with Gasteiger partial charge in [-0.2, -0.15) is 0 Å². The van der Waals surface area contributed by atoms with Gasteiger partial charge in [0.15, 0.2) is 0 Å². The molecule has 22 heavy (non-hydrogen) atoms. The third-order valence-electron chi connectivity index (χ3n) is 3.04. The number of rotatable bonds is 5. The van der Waals surface area contributed by atoms with Gasteiger partial charge >= 0.3 is 0 Å². The highest BCUT2D eigenvalue weighted by Gasteiger charge is 2.11. The number of anilines is 1. The zero-order chi connectivity index (χ0) is 16.2. The summed E-state index contributed by atoms with van der Waals surface area (Å²) >= 11 is 1.60. The maximum atomic E-state index is 12.1. The molecule has 0 aliphatic carbocycles. The van der Waals surface area contributed by atoms with Crippen LogP contribution >= 0.6 is 11.8 Å². The van der Waals surface area contributed by atoms with Gasteiger partial charge in [0, 0.05) is 16.1 Å². The molecule has 0 spiro atoms. The maximum Gasteiger partial charge on any atom is 0.255 e. The first-order valence-corrected chi connectivity index (χ1v) is 9.16. The monoisotopic (exact) mass is 336 g/mol. The lowest BCUT2D eigenvalue weighted by Crippen LogP contribution is -2.18. The van der Waals surface area contributed by atoms with Crippen LogP contribution < -0.4 is 10.0 Å². The van der Waals surface area contributed by atoms with Crippen LogP contribution in [0.1, 0.15) is 10.4 Å². The molecule has 0 saturated carbocycles. The van der Waals surface area contributed by atoms with Crippen LogP contribution in [0.3, 0.4) is 0 Å². The molecule has 7 heteroatoms. The van der Waals surface area contributed by atoms with Crippen molar-refractivity contribution in [2.75, 3.05) is 18.6 Å². The number of sulfonamides is 1. The minimum absolute atomic E-state index is 0.150. The normalized spacial score (nSPS) is 11.2. The smallest absolute Gasteiger partial charge is 0.255 e. The van der Waals surface area contributed by atoms with Gasteiger partial charge in [0.25, 0.3) is 5.91 Å². The molecule has 0 radical (unpaired) electrons. The highest BCUT2D eigenvalue weighted by molar-refractivity contribution is 7.98. The van der Waals surface area contributed by atoms with E-state index >= 15 is 0 Å². The van der Waals surface area contributed by atoms with Gasteiger partial charge in [0.1, 0.15) is 0 Å². The van der Waals surface area contributed by atoms with Crippen molar-refractivity contribution < 1.29 is 13.2 Å². The van der Waals surface area contributed by atoms with E-state index in [1.807, 2.05) is 18.4 Å². The highest BCUT2D eigenvalue weighted by atomic mass is 32.2. The summed E-state index contributed by atoms with van der Waals surface area (Å²) in [4.78, 5) is 13.3. The van der Waals surface area contributed by atoms with Crippen LogP contribution in [0.2, 0.25) is 0 Å². The molecular formula is C15H16N2O3S2. The van der Waals surface area contributed by atoms with Gasteiger partial charge in [-0.3, -0.25) is 4.79 Å². The summed E-state index contributed by atoms with van der Waals surface area (Å²) in [6.45, 7) is 0. The Bertz CT molecular complexity index is 754. The van der Waals surface area contributed by atoms with Gasteiger partial charge < -0.3 is 5.32 Å². The standard InChI is InChI=1S/C15H16N2O3S2/c1-16-22(19,20)14-9-5-12(6-10-14)17-15(18)11-3-7-13(21-2)8-4-11/h3-10,16H,1-2H3,(H,17,18). The second kappa shape index (κ2) is 6.95. The summed E-state index contributed by atoms with van der Waals surface area (Å²) in [5.74, 6) is -0.239. The van der Waals surface area contributed by atoms with E-state index in [-0.39, 0.29) is 10.8 Å². The van der Waals surface area contributed by atoms with Gasteiger partial charge in [-0.15, -0.1) is 11.8 Å². The van der Waals surface area contributed by atoms with E-state index in [9.17, 15) is 13.2 Å². The zero-order valence-corrected chi connectivity index (χ0v) is 13.8. The van der Waals surface area contributed by atoms with Crippen molar-refractivity contribution in [3.8, 4) is 0 Å². The molecule has 0 heterocycles. The Labute approximate surface area is 134 Å². The fourth-order valence-corrected chi connectivity index (χ4v) is 2.92. The molecule has 0 saturated heterocycles. The summed E-state index contributed by atoms with van der Waals surface area (Å²) in [5.41, 5.74) is 1.08.